The van der Waals surface area contributed by atoms with E-state index in [2.05, 4.69) is 16.6 Å². The second-order valence-corrected chi connectivity index (χ2v) is 7.16. The minimum atomic E-state index is -3.87. The Morgan fingerprint density at radius 1 is 1.48 bits per heavy atom. The Morgan fingerprint density at radius 3 is 2.76 bits per heavy atom. The van der Waals surface area contributed by atoms with Crippen molar-refractivity contribution >= 4 is 21.8 Å². The van der Waals surface area contributed by atoms with Gasteiger partial charge >= 0.3 is 0 Å². The van der Waals surface area contributed by atoms with Gasteiger partial charge in [0.2, 0.25) is 10.0 Å². The molecule has 0 saturated carbocycles. The summed E-state index contributed by atoms with van der Waals surface area (Å²) in [4.78, 5) is -0.395. The van der Waals surface area contributed by atoms with Gasteiger partial charge in [0, 0.05) is 12.1 Å². The van der Waals surface area contributed by atoms with Crippen LogP contribution < -0.4 is 4.72 Å². The van der Waals surface area contributed by atoms with Crippen molar-refractivity contribution < 1.29 is 17.9 Å². The third-order valence-corrected chi connectivity index (χ3v) is 4.97. The number of nitrogens with one attached hydrogen (secondary N) is 1. The second-order valence-electron chi connectivity index (χ2n) is 4.52. The Balaban J connectivity index is 2.88. The van der Waals surface area contributed by atoms with Crippen LogP contribution in [0.25, 0.3) is 0 Å². The number of aliphatic hydroxyl groups is 1. The summed E-state index contributed by atoms with van der Waals surface area (Å²) in [6.45, 7) is 1.84. The maximum atomic E-state index is 13.9. The molecule has 0 aliphatic rings. The van der Waals surface area contributed by atoms with E-state index in [-0.39, 0.29) is 19.1 Å². The molecule has 2 N–H and O–H groups in total. The summed E-state index contributed by atoms with van der Waals surface area (Å²) < 4.78 is 40.4. The lowest BCUT2D eigenvalue weighted by atomic mass is 10.2. The van der Waals surface area contributed by atoms with Gasteiger partial charge < -0.3 is 5.11 Å². The van der Waals surface area contributed by atoms with E-state index in [1.165, 1.54) is 12.1 Å². The van der Waals surface area contributed by atoms with Gasteiger partial charge in [-0.1, -0.05) is 18.8 Å². The van der Waals surface area contributed by atoms with Crippen LogP contribution in [0.2, 0.25) is 0 Å². The first-order valence-corrected chi connectivity index (χ1v) is 9.16. The summed E-state index contributed by atoms with van der Waals surface area (Å²) in [6.07, 6.45) is 1.94. The minimum absolute atomic E-state index is 0.160. The standard InChI is InChI=1S/C14H18FNO3S2/c1-11(10-20-2)9-16-21(18,19)14-6-5-12(4-3-7-17)8-13(14)15/h5-6,8,11,16-17H,7,9-10H2,1-2H3. The molecule has 0 aliphatic heterocycles. The van der Waals surface area contributed by atoms with E-state index in [1.807, 2.05) is 13.2 Å². The minimum Gasteiger partial charge on any atom is -0.384 e. The third kappa shape index (κ3) is 5.67. The van der Waals surface area contributed by atoms with Gasteiger partial charge in [0.25, 0.3) is 0 Å². The maximum absolute atomic E-state index is 13.9. The van der Waals surface area contributed by atoms with Crippen molar-refractivity contribution in [1.29, 1.82) is 0 Å². The van der Waals surface area contributed by atoms with Crippen LogP contribution in [0.4, 0.5) is 4.39 Å². The van der Waals surface area contributed by atoms with Crippen LogP contribution in [0.3, 0.4) is 0 Å². The highest BCUT2D eigenvalue weighted by atomic mass is 32.2. The molecule has 1 atom stereocenters. The Kier molecular flexibility index (Phi) is 7.18. The summed E-state index contributed by atoms with van der Waals surface area (Å²) in [7, 11) is -3.87. The molecule has 116 valence electrons. The molecule has 7 heteroatoms. The van der Waals surface area contributed by atoms with Gasteiger partial charge in [-0.25, -0.2) is 17.5 Å². The smallest absolute Gasteiger partial charge is 0.243 e. The molecule has 0 amide bonds. The first-order chi connectivity index (χ1) is 9.90. The summed E-state index contributed by atoms with van der Waals surface area (Å²) in [5, 5.41) is 8.57. The van der Waals surface area contributed by atoms with Crippen LogP contribution in [0.15, 0.2) is 23.1 Å². The molecule has 1 aromatic rings. The fourth-order valence-corrected chi connectivity index (χ4v) is 3.52. The normalized spacial score (nSPS) is 12.6. The molecule has 0 bridgehead atoms. The molecular weight excluding hydrogens is 313 g/mol. The lowest BCUT2D eigenvalue weighted by Gasteiger charge is -2.12. The Hall–Kier alpha value is -1.07. The zero-order valence-corrected chi connectivity index (χ0v) is 13.5. The number of aliphatic hydroxyl groups excluding tert-OH is 1. The highest BCUT2D eigenvalue weighted by molar-refractivity contribution is 7.98. The number of sulfonamides is 1. The van der Waals surface area contributed by atoms with Gasteiger partial charge in [-0.15, -0.1) is 0 Å². The topological polar surface area (TPSA) is 66.4 Å². The fraction of sp³-hybridized carbons (Fsp3) is 0.429. The zero-order chi connectivity index (χ0) is 15.9. The monoisotopic (exact) mass is 331 g/mol. The van der Waals surface area contributed by atoms with Crippen molar-refractivity contribution in [3.05, 3.63) is 29.6 Å². The van der Waals surface area contributed by atoms with Crippen LogP contribution in [0.1, 0.15) is 12.5 Å². The molecule has 0 saturated heterocycles. The van der Waals surface area contributed by atoms with E-state index < -0.39 is 20.7 Å². The van der Waals surface area contributed by atoms with Crippen molar-refractivity contribution in [2.75, 3.05) is 25.2 Å². The van der Waals surface area contributed by atoms with Crippen molar-refractivity contribution in [2.45, 2.75) is 11.8 Å². The van der Waals surface area contributed by atoms with Crippen LogP contribution in [-0.4, -0.2) is 38.7 Å². The predicted molar refractivity (Wildman–Crippen MR) is 83.1 cm³/mol. The molecule has 0 fully saturated rings. The first-order valence-electron chi connectivity index (χ1n) is 6.28. The molecule has 4 nitrogen and oxygen atoms in total. The summed E-state index contributed by atoms with van der Waals surface area (Å²) in [6, 6.07) is 3.63. The van der Waals surface area contributed by atoms with Crippen LogP contribution in [0, 0.1) is 23.6 Å². The fourth-order valence-electron chi connectivity index (χ4n) is 1.61. The molecule has 1 unspecified atom stereocenters. The molecule has 1 aromatic carbocycles. The Labute approximate surface area is 129 Å². The lowest BCUT2D eigenvalue weighted by molar-refractivity contribution is 0.350. The molecule has 0 spiro atoms. The van der Waals surface area contributed by atoms with Gasteiger partial charge in [-0.05, 0) is 36.1 Å². The predicted octanol–water partition coefficient (Wildman–Crippen LogP) is 1.45. The molecular formula is C14H18FNO3S2. The van der Waals surface area contributed by atoms with Crippen molar-refractivity contribution in [3.63, 3.8) is 0 Å². The average Bonchev–Trinajstić information content (AvgIpc) is 2.43. The quantitative estimate of drug-likeness (QED) is 0.774. The summed E-state index contributed by atoms with van der Waals surface area (Å²) in [5.41, 5.74) is 0.316. The number of halogens is 1. The third-order valence-electron chi connectivity index (χ3n) is 2.61. The Morgan fingerprint density at radius 2 is 2.19 bits per heavy atom. The molecule has 0 aliphatic carbocycles. The number of benzene rings is 1. The second kappa shape index (κ2) is 8.39. The maximum Gasteiger partial charge on any atom is 0.243 e. The number of hydrogen-bond acceptors (Lipinski definition) is 4. The van der Waals surface area contributed by atoms with E-state index in [1.54, 1.807) is 11.8 Å². The number of rotatable bonds is 6. The summed E-state index contributed by atoms with van der Waals surface area (Å²) in [5.74, 6) is 5.02. The Bertz CT molecular complexity index is 635. The molecule has 21 heavy (non-hydrogen) atoms. The lowest BCUT2D eigenvalue weighted by Crippen LogP contribution is -2.29. The first kappa shape index (κ1) is 18.0. The highest BCUT2D eigenvalue weighted by Gasteiger charge is 2.19. The van der Waals surface area contributed by atoms with E-state index in [0.29, 0.717) is 5.56 Å². The zero-order valence-electron chi connectivity index (χ0n) is 11.9. The van der Waals surface area contributed by atoms with E-state index in [4.69, 9.17) is 5.11 Å². The van der Waals surface area contributed by atoms with Crippen molar-refractivity contribution in [1.82, 2.24) is 4.72 Å². The van der Waals surface area contributed by atoms with Crippen molar-refractivity contribution in [3.8, 4) is 11.8 Å². The van der Waals surface area contributed by atoms with Gasteiger partial charge in [-0.3, -0.25) is 0 Å². The van der Waals surface area contributed by atoms with Gasteiger partial charge in [0.1, 0.15) is 17.3 Å². The SMILES string of the molecule is CSCC(C)CNS(=O)(=O)c1ccc(C#CCO)cc1F. The number of hydrogen-bond donors (Lipinski definition) is 2. The van der Waals surface area contributed by atoms with Gasteiger partial charge in [0.15, 0.2) is 0 Å². The van der Waals surface area contributed by atoms with E-state index >= 15 is 0 Å². The van der Waals surface area contributed by atoms with Gasteiger partial charge in [0.05, 0.1) is 0 Å². The summed E-state index contributed by atoms with van der Waals surface area (Å²) >= 11 is 1.62. The molecule has 1 rings (SSSR count). The van der Waals surface area contributed by atoms with Gasteiger partial charge in [-0.2, -0.15) is 11.8 Å². The van der Waals surface area contributed by atoms with Crippen molar-refractivity contribution in [2.24, 2.45) is 5.92 Å². The van der Waals surface area contributed by atoms with Crippen LogP contribution in [-0.2, 0) is 10.0 Å². The van der Waals surface area contributed by atoms with Crippen LogP contribution >= 0.6 is 11.8 Å². The average molecular weight is 331 g/mol. The largest absolute Gasteiger partial charge is 0.384 e. The molecule has 0 heterocycles. The molecule has 0 aromatic heterocycles. The van der Waals surface area contributed by atoms with E-state index in [0.717, 1.165) is 11.8 Å². The number of thioether (sulfide) groups is 1. The van der Waals surface area contributed by atoms with E-state index in [9.17, 15) is 12.8 Å². The molecule has 0 radical (unpaired) electrons. The highest BCUT2D eigenvalue weighted by Crippen LogP contribution is 2.16. The van der Waals surface area contributed by atoms with Crippen LogP contribution in [0.5, 0.6) is 0 Å².